The number of H-pyrrole nitrogens is 1. The molecule has 3 heterocycles. The van der Waals surface area contributed by atoms with E-state index in [9.17, 15) is 9.59 Å². The molecule has 2 amide bonds. The molecule has 1 aromatic heterocycles. The Bertz CT molecular complexity index is 819. The number of halogens is 1. The van der Waals surface area contributed by atoms with E-state index in [0.29, 0.717) is 22.3 Å². The number of rotatable bonds is 2. The summed E-state index contributed by atoms with van der Waals surface area (Å²) in [6, 6.07) is 6.96. The second-order valence-corrected chi connectivity index (χ2v) is 8.80. The Morgan fingerprint density at radius 2 is 1.96 bits per heavy atom. The molecular formula is C17H18ClN3O2S2. The number of fused-ring (bicyclic) bond motifs is 1. The Balaban J connectivity index is 1.56. The van der Waals surface area contributed by atoms with E-state index in [1.54, 1.807) is 28.8 Å². The van der Waals surface area contributed by atoms with Crippen LogP contribution in [0.25, 0.3) is 10.9 Å². The minimum Gasteiger partial charge on any atom is -0.350 e. The summed E-state index contributed by atoms with van der Waals surface area (Å²) in [6.45, 7) is 1.55. The third kappa shape index (κ3) is 3.37. The molecule has 0 saturated carbocycles. The maximum absolute atomic E-state index is 13.0. The normalized spacial score (nSPS) is 21.1. The Morgan fingerprint density at radius 1 is 1.16 bits per heavy atom. The van der Waals surface area contributed by atoms with Crippen LogP contribution in [-0.4, -0.2) is 68.9 Å². The van der Waals surface area contributed by atoms with E-state index in [1.165, 1.54) is 0 Å². The van der Waals surface area contributed by atoms with Gasteiger partial charge in [0.2, 0.25) is 5.91 Å². The fourth-order valence-corrected chi connectivity index (χ4v) is 5.43. The van der Waals surface area contributed by atoms with Crippen molar-refractivity contribution in [1.82, 2.24) is 14.8 Å². The van der Waals surface area contributed by atoms with E-state index >= 15 is 0 Å². The Morgan fingerprint density at radius 3 is 2.76 bits per heavy atom. The predicted octanol–water partition coefficient (Wildman–Crippen LogP) is 2.91. The number of benzene rings is 1. The van der Waals surface area contributed by atoms with E-state index in [2.05, 4.69) is 4.98 Å². The van der Waals surface area contributed by atoms with E-state index in [0.717, 1.165) is 35.5 Å². The zero-order chi connectivity index (χ0) is 17.4. The zero-order valence-electron chi connectivity index (χ0n) is 13.5. The van der Waals surface area contributed by atoms with Gasteiger partial charge in [0.1, 0.15) is 11.7 Å². The summed E-state index contributed by atoms with van der Waals surface area (Å²) in [7, 11) is 0. The number of amides is 2. The van der Waals surface area contributed by atoms with Gasteiger partial charge in [-0.15, -0.1) is 11.8 Å². The Hall–Kier alpha value is -1.31. The van der Waals surface area contributed by atoms with Gasteiger partial charge in [0.25, 0.3) is 5.91 Å². The summed E-state index contributed by atoms with van der Waals surface area (Å²) in [5.41, 5.74) is 1.34. The van der Waals surface area contributed by atoms with Crippen LogP contribution >= 0.6 is 35.1 Å². The topological polar surface area (TPSA) is 56.4 Å². The van der Waals surface area contributed by atoms with Gasteiger partial charge in [-0.3, -0.25) is 9.59 Å². The van der Waals surface area contributed by atoms with Crippen LogP contribution in [0.1, 0.15) is 10.5 Å². The van der Waals surface area contributed by atoms with Gasteiger partial charge in [0, 0.05) is 46.3 Å². The molecule has 5 nitrogen and oxygen atoms in total. The molecule has 2 aliphatic rings. The lowest BCUT2D eigenvalue weighted by Gasteiger charge is -2.31. The highest BCUT2D eigenvalue weighted by Crippen LogP contribution is 2.27. The van der Waals surface area contributed by atoms with Crippen molar-refractivity contribution in [2.45, 2.75) is 6.04 Å². The van der Waals surface area contributed by atoms with E-state index in [1.807, 2.05) is 28.8 Å². The van der Waals surface area contributed by atoms with Crippen LogP contribution < -0.4 is 0 Å². The second-order valence-electron chi connectivity index (χ2n) is 6.14. The molecule has 0 aliphatic carbocycles. The lowest BCUT2D eigenvalue weighted by molar-refractivity contribution is -0.134. The van der Waals surface area contributed by atoms with Crippen LogP contribution in [0, 0.1) is 0 Å². The van der Waals surface area contributed by atoms with Crippen molar-refractivity contribution in [2.75, 3.05) is 36.2 Å². The quantitative estimate of drug-likeness (QED) is 0.849. The molecule has 4 rings (SSSR count). The summed E-state index contributed by atoms with van der Waals surface area (Å²) in [6.07, 6.45) is 0. The molecule has 2 aliphatic heterocycles. The molecule has 2 saturated heterocycles. The number of carbonyl (C=O) groups is 2. The van der Waals surface area contributed by atoms with Crippen LogP contribution in [0.3, 0.4) is 0 Å². The summed E-state index contributed by atoms with van der Waals surface area (Å²) in [4.78, 5) is 32.6. The molecule has 1 aromatic carbocycles. The van der Waals surface area contributed by atoms with Crippen LogP contribution in [0.4, 0.5) is 0 Å². The van der Waals surface area contributed by atoms with Gasteiger partial charge < -0.3 is 14.8 Å². The van der Waals surface area contributed by atoms with Crippen molar-refractivity contribution in [3.63, 3.8) is 0 Å². The first kappa shape index (κ1) is 17.1. The van der Waals surface area contributed by atoms with E-state index in [-0.39, 0.29) is 17.9 Å². The fourth-order valence-electron chi connectivity index (χ4n) is 3.21. The molecule has 132 valence electrons. The highest BCUT2D eigenvalue weighted by molar-refractivity contribution is 7.99. The van der Waals surface area contributed by atoms with Gasteiger partial charge in [-0.05, 0) is 18.2 Å². The number of aromatic amines is 1. The van der Waals surface area contributed by atoms with Gasteiger partial charge >= 0.3 is 0 Å². The smallest absolute Gasteiger partial charge is 0.271 e. The van der Waals surface area contributed by atoms with E-state index in [4.69, 9.17) is 11.6 Å². The first-order valence-electron chi connectivity index (χ1n) is 8.17. The monoisotopic (exact) mass is 395 g/mol. The van der Waals surface area contributed by atoms with Gasteiger partial charge in [-0.2, -0.15) is 11.8 Å². The largest absolute Gasteiger partial charge is 0.350 e. The number of nitrogens with zero attached hydrogens (tertiary/aromatic N) is 2. The fraction of sp³-hybridized carbons (Fsp3) is 0.412. The average molecular weight is 396 g/mol. The Kier molecular flexibility index (Phi) is 4.88. The summed E-state index contributed by atoms with van der Waals surface area (Å²) in [5.74, 6) is 3.12. The molecule has 2 aromatic rings. The average Bonchev–Trinajstić information content (AvgIpc) is 3.27. The number of nitrogens with one attached hydrogen (secondary N) is 1. The second kappa shape index (κ2) is 7.13. The summed E-state index contributed by atoms with van der Waals surface area (Å²) < 4.78 is 0. The molecule has 25 heavy (non-hydrogen) atoms. The highest BCUT2D eigenvalue weighted by atomic mass is 35.5. The van der Waals surface area contributed by atoms with Crippen molar-refractivity contribution in [3.8, 4) is 0 Å². The minimum atomic E-state index is -0.365. The Labute approximate surface area is 159 Å². The highest BCUT2D eigenvalue weighted by Gasteiger charge is 2.38. The number of thioether (sulfide) groups is 2. The molecule has 0 radical (unpaired) electrons. The predicted molar refractivity (Wildman–Crippen MR) is 104 cm³/mol. The van der Waals surface area contributed by atoms with Crippen LogP contribution in [0.15, 0.2) is 24.3 Å². The van der Waals surface area contributed by atoms with Gasteiger partial charge in [-0.1, -0.05) is 17.7 Å². The molecule has 0 spiro atoms. The molecule has 2 fully saturated rings. The molecule has 1 atom stereocenters. The molecule has 1 N–H and O–H groups in total. The number of hydrogen-bond donors (Lipinski definition) is 1. The van der Waals surface area contributed by atoms with Crippen molar-refractivity contribution in [3.05, 3.63) is 35.0 Å². The van der Waals surface area contributed by atoms with Gasteiger partial charge in [0.05, 0.1) is 5.88 Å². The molecule has 1 unspecified atom stereocenters. The van der Waals surface area contributed by atoms with Crippen molar-refractivity contribution < 1.29 is 9.59 Å². The lowest BCUT2D eigenvalue weighted by Crippen LogP contribution is -2.51. The summed E-state index contributed by atoms with van der Waals surface area (Å²) in [5, 5.41) is 1.57. The summed E-state index contributed by atoms with van der Waals surface area (Å²) >= 11 is 9.52. The van der Waals surface area contributed by atoms with Crippen LogP contribution in [0.2, 0.25) is 5.02 Å². The van der Waals surface area contributed by atoms with Crippen LogP contribution in [-0.2, 0) is 4.79 Å². The number of carbonyl (C=O) groups excluding carboxylic acids is 2. The first-order valence-corrected chi connectivity index (χ1v) is 10.9. The maximum atomic E-state index is 13.0. The third-order valence-electron chi connectivity index (χ3n) is 4.57. The maximum Gasteiger partial charge on any atom is 0.271 e. The van der Waals surface area contributed by atoms with Crippen LogP contribution in [0.5, 0.6) is 0 Å². The van der Waals surface area contributed by atoms with E-state index < -0.39 is 0 Å². The standard InChI is InChI=1S/C17H18ClN3O2S2/c18-12-2-1-11-7-14(19-13(11)8-12)16(22)21-10-25-9-15(21)17(23)20-3-5-24-6-4-20/h1-2,7-8,15,19H,3-6,9-10H2. The lowest BCUT2D eigenvalue weighted by atomic mass is 10.2. The minimum absolute atomic E-state index is 0.0813. The van der Waals surface area contributed by atoms with Gasteiger partial charge in [0.15, 0.2) is 0 Å². The number of hydrogen-bond acceptors (Lipinski definition) is 4. The zero-order valence-corrected chi connectivity index (χ0v) is 15.9. The van der Waals surface area contributed by atoms with Crippen molar-refractivity contribution >= 4 is 57.8 Å². The molecular weight excluding hydrogens is 378 g/mol. The SMILES string of the molecule is O=C(C1CSCN1C(=O)c1cc2ccc(Cl)cc2[nH]1)N1CCSCC1. The number of aromatic nitrogens is 1. The molecule has 8 heteroatoms. The third-order valence-corrected chi connectivity index (χ3v) is 6.76. The molecule has 0 bridgehead atoms. The van der Waals surface area contributed by atoms with Crippen molar-refractivity contribution in [2.24, 2.45) is 0 Å². The van der Waals surface area contributed by atoms with Crippen molar-refractivity contribution in [1.29, 1.82) is 0 Å². The van der Waals surface area contributed by atoms with Gasteiger partial charge in [-0.25, -0.2) is 0 Å². The first-order chi connectivity index (χ1) is 12.1.